The van der Waals surface area contributed by atoms with Crippen LogP contribution in [0.1, 0.15) is 6.99 Å². The van der Waals surface area contributed by atoms with Gasteiger partial charge in [0, 0.05) is 19.8 Å². The molecule has 12 heteroatoms. The number of anilines is 1. The molecule has 0 aliphatic rings. The third-order valence-electron chi connectivity index (χ3n) is 2.37. The molecule has 0 bridgehead atoms. The second-order valence-electron chi connectivity index (χ2n) is 3.97. The van der Waals surface area contributed by atoms with Crippen molar-refractivity contribution in [3.63, 3.8) is 0 Å². The van der Waals surface area contributed by atoms with Crippen molar-refractivity contribution in [2.45, 2.75) is 9.79 Å². The molecule has 0 amide bonds. The number of para-hydroxylation sites is 1. The van der Waals surface area contributed by atoms with E-state index in [0.29, 0.717) is 21.3 Å². The predicted molar refractivity (Wildman–Crippen MR) is 98.8 cm³/mol. The van der Waals surface area contributed by atoms with E-state index in [-0.39, 0.29) is 31.0 Å². The zero-order valence-corrected chi connectivity index (χ0v) is 18.6. The standard InChI is InChI=1S/C13H8Cl2N2S.Na.H2O4S2.H/c14-9-4-10(15)6-11(5-9)18-12-3-1-2-8(7-16)13(12)17;;1-5(2)6(3)4;/h1-6H,17H2;;(H,1,2)(H,3,4);/q;+1;;-1. The first-order valence-corrected chi connectivity index (χ1v) is 10.2. The van der Waals surface area contributed by atoms with Crippen LogP contribution in [0.15, 0.2) is 46.2 Å². The molecule has 6 nitrogen and oxygen atoms in total. The number of hydrogen-bond donors (Lipinski definition) is 3. The minimum absolute atomic E-state index is 0. The predicted octanol–water partition coefficient (Wildman–Crippen LogP) is 1.06. The van der Waals surface area contributed by atoms with Crippen LogP contribution in [0.3, 0.4) is 0 Å². The van der Waals surface area contributed by atoms with Gasteiger partial charge in [-0.15, -0.1) is 0 Å². The Balaban J connectivity index is 0. The Bertz CT molecular complexity index is 807. The number of nitriles is 1. The normalized spacial score (nSPS) is 12.0. The maximum absolute atomic E-state index is 9.26. The van der Waals surface area contributed by atoms with E-state index in [0.717, 1.165) is 9.79 Å². The molecule has 2 unspecified atom stereocenters. The van der Waals surface area contributed by atoms with E-state index < -0.39 is 20.2 Å². The van der Waals surface area contributed by atoms with Crippen LogP contribution in [0.25, 0.3) is 0 Å². The Morgan fingerprint density at radius 1 is 1.12 bits per heavy atom. The molecule has 0 aromatic heterocycles. The van der Waals surface area contributed by atoms with Crippen LogP contribution in [0.2, 0.25) is 10.0 Å². The first-order chi connectivity index (χ1) is 11.2. The molecule has 130 valence electrons. The second-order valence-corrected chi connectivity index (χ2v) is 8.54. The first-order valence-electron chi connectivity index (χ1n) is 5.89. The molecule has 0 heterocycles. The summed E-state index contributed by atoms with van der Waals surface area (Å²) in [5.41, 5.74) is 6.85. The van der Waals surface area contributed by atoms with E-state index >= 15 is 0 Å². The van der Waals surface area contributed by atoms with E-state index in [1.165, 1.54) is 11.8 Å². The van der Waals surface area contributed by atoms with Crippen molar-refractivity contribution in [2.24, 2.45) is 0 Å². The summed E-state index contributed by atoms with van der Waals surface area (Å²) in [5.74, 6) is 0. The monoisotopic (exact) mass is 448 g/mol. The van der Waals surface area contributed by atoms with Gasteiger partial charge in [-0.2, -0.15) is 5.26 Å². The van der Waals surface area contributed by atoms with Crippen LogP contribution in [0.5, 0.6) is 0 Å². The summed E-state index contributed by atoms with van der Waals surface area (Å²) >= 11 is 13.3. The van der Waals surface area contributed by atoms with Crippen molar-refractivity contribution in [3.8, 4) is 6.07 Å². The molecule has 2 aromatic carbocycles. The van der Waals surface area contributed by atoms with Gasteiger partial charge in [0.1, 0.15) is 6.07 Å². The van der Waals surface area contributed by atoms with Gasteiger partial charge in [0.25, 0.3) is 20.2 Å². The van der Waals surface area contributed by atoms with E-state index in [1.54, 1.807) is 30.3 Å². The molecular formula is C13H11Cl2N2NaO4S3. The largest absolute Gasteiger partial charge is 1.00 e. The molecule has 25 heavy (non-hydrogen) atoms. The number of rotatable bonds is 3. The molecule has 0 spiro atoms. The number of halogens is 2. The van der Waals surface area contributed by atoms with Crippen LogP contribution < -0.4 is 35.3 Å². The molecule has 0 aliphatic heterocycles. The Morgan fingerprint density at radius 2 is 1.64 bits per heavy atom. The molecule has 4 N–H and O–H groups in total. The number of nitrogen functional groups attached to an aromatic ring is 1. The third-order valence-corrected chi connectivity index (χ3v) is 4.83. The van der Waals surface area contributed by atoms with Gasteiger partial charge in [-0.25, -0.2) is 8.42 Å². The van der Waals surface area contributed by atoms with Crippen molar-refractivity contribution >= 4 is 60.9 Å². The Labute approximate surface area is 186 Å². The summed E-state index contributed by atoms with van der Waals surface area (Å²) in [6.45, 7) is 0. The van der Waals surface area contributed by atoms with Crippen LogP contribution in [0.4, 0.5) is 5.69 Å². The maximum Gasteiger partial charge on any atom is 1.00 e. The van der Waals surface area contributed by atoms with Gasteiger partial charge >= 0.3 is 29.6 Å². The van der Waals surface area contributed by atoms with Crippen molar-refractivity contribution < 1.29 is 48.5 Å². The fraction of sp³-hybridized carbons (Fsp3) is 0. The smallest absolute Gasteiger partial charge is 1.00 e. The van der Waals surface area contributed by atoms with Crippen LogP contribution in [0, 0.1) is 11.3 Å². The van der Waals surface area contributed by atoms with E-state index in [9.17, 15) is 8.42 Å². The SMILES string of the molecule is N#Cc1cccc(Sc2cc(Cl)cc(Cl)c2)c1N.O=S(O)S(=O)O.[H-].[Na+]. The molecule has 0 fully saturated rings. The van der Waals surface area contributed by atoms with Crippen LogP contribution in [-0.4, -0.2) is 17.5 Å². The first kappa shape index (κ1) is 24.9. The molecule has 0 radical (unpaired) electrons. The minimum atomic E-state index is -2.59. The van der Waals surface area contributed by atoms with E-state index in [2.05, 4.69) is 6.07 Å². The Morgan fingerprint density at radius 3 is 2.08 bits per heavy atom. The molecule has 2 rings (SSSR count). The molecule has 2 atom stereocenters. The third kappa shape index (κ3) is 8.88. The number of benzene rings is 2. The minimum Gasteiger partial charge on any atom is -1.00 e. The maximum atomic E-state index is 9.26. The van der Waals surface area contributed by atoms with E-state index in [4.69, 9.17) is 43.3 Å². The van der Waals surface area contributed by atoms with Gasteiger partial charge in [0.15, 0.2) is 0 Å². The fourth-order valence-electron chi connectivity index (χ4n) is 1.44. The van der Waals surface area contributed by atoms with Gasteiger partial charge in [0.05, 0.1) is 11.3 Å². The van der Waals surface area contributed by atoms with Crippen molar-refractivity contribution in [3.05, 3.63) is 52.0 Å². The zero-order chi connectivity index (χ0) is 18.3. The van der Waals surface area contributed by atoms with Crippen LogP contribution >= 0.6 is 35.0 Å². The fourth-order valence-corrected chi connectivity index (χ4v) is 3.09. The van der Waals surface area contributed by atoms with Gasteiger partial charge in [-0.1, -0.05) is 41.0 Å². The Hall–Kier alpha value is -0.120. The zero-order valence-electron chi connectivity index (χ0n) is 13.7. The number of hydrogen-bond acceptors (Lipinski definition) is 5. The molecular weight excluding hydrogens is 438 g/mol. The topological polar surface area (TPSA) is 124 Å². The quantitative estimate of drug-likeness (QED) is 0.277. The molecule has 0 aliphatic carbocycles. The summed E-state index contributed by atoms with van der Waals surface area (Å²) in [7, 11) is -5.18. The number of nitrogens with zero attached hydrogens (tertiary/aromatic N) is 1. The second kappa shape index (κ2) is 12.3. The van der Waals surface area contributed by atoms with E-state index in [1.807, 2.05) is 6.07 Å². The van der Waals surface area contributed by atoms with Crippen LogP contribution in [-0.2, 0) is 20.2 Å². The average molecular weight is 449 g/mol. The van der Waals surface area contributed by atoms with Crippen molar-refractivity contribution in [1.82, 2.24) is 0 Å². The summed E-state index contributed by atoms with van der Waals surface area (Å²) in [6, 6.07) is 12.7. The average Bonchev–Trinajstić information content (AvgIpc) is 2.49. The van der Waals surface area contributed by atoms with Crippen molar-refractivity contribution in [2.75, 3.05) is 5.73 Å². The van der Waals surface area contributed by atoms with Gasteiger partial charge in [0.2, 0.25) is 0 Å². The summed E-state index contributed by atoms with van der Waals surface area (Å²) < 4.78 is 33.6. The Kier molecular flexibility index (Phi) is 12.2. The van der Waals surface area contributed by atoms with Gasteiger partial charge in [-0.05, 0) is 30.3 Å². The van der Waals surface area contributed by atoms with Gasteiger partial charge in [-0.3, -0.25) is 9.11 Å². The van der Waals surface area contributed by atoms with Crippen molar-refractivity contribution in [1.29, 1.82) is 5.26 Å². The number of nitrogens with two attached hydrogens (primary N) is 1. The summed E-state index contributed by atoms with van der Waals surface area (Å²) in [5, 5.41) is 10.1. The van der Waals surface area contributed by atoms with Gasteiger partial charge < -0.3 is 7.16 Å². The molecule has 0 saturated carbocycles. The molecule has 0 saturated heterocycles. The summed E-state index contributed by atoms with van der Waals surface area (Å²) in [6.07, 6.45) is 0. The summed E-state index contributed by atoms with van der Waals surface area (Å²) in [4.78, 5) is 1.70. The molecule has 2 aromatic rings.